The maximum atomic E-state index is 13.3. The van der Waals surface area contributed by atoms with Crippen LogP contribution in [0.25, 0.3) is 0 Å². The lowest BCUT2D eigenvalue weighted by atomic mass is 9.81. The van der Waals surface area contributed by atoms with Crippen molar-refractivity contribution in [2.24, 2.45) is 11.1 Å². The zero-order valence-electron chi connectivity index (χ0n) is 16.6. The number of hydrogen-bond donors (Lipinski definition) is 1. The highest BCUT2D eigenvalue weighted by molar-refractivity contribution is 7.89. The number of nitrogens with zero attached hydrogens (tertiary/aromatic N) is 2. The molecule has 0 aliphatic carbocycles. The van der Waals surface area contributed by atoms with Gasteiger partial charge in [-0.1, -0.05) is 39.3 Å². The van der Waals surface area contributed by atoms with Crippen LogP contribution in [0.3, 0.4) is 0 Å². The molecule has 6 nitrogen and oxygen atoms in total. The van der Waals surface area contributed by atoms with E-state index in [1.54, 1.807) is 30.1 Å². The Hall–Kier alpha value is -1.15. The Bertz CT molecular complexity index is 752. The fraction of sp³-hybridized carbons (Fsp3) is 0.632. The molecule has 1 saturated heterocycles. The first-order valence-corrected chi connectivity index (χ1v) is 10.7. The summed E-state index contributed by atoms with van der Waals surface area (Å²) in [6.45, 7) is 7.35. The molecule has 27 heavy (non-hydrogen) atoms. The molecule has 1 unspecified atom stereocenters. The van der Waals surface area contributed by atoms with Crippen LogP contribution >= 0.6 is 12.4 Å². The van der Waals surface area contributed by atoms with Crippen molar-refractivity contribution in [3.63, 3.8) is 0 Å². The van der Waals surface area contributed by atoms with Gasteiger partial charge in [0.1, 0.15) is 0 Å². The van der Waals surface area contributed by atoms with E-state index in [0.29, 0.717) is 26.1 Å². The van der Waals surface area contributed by atoms with E-state index in [4.69, 9.17) is 5.73 Å². The fourth-order valence-corrected chi connectivity index (χ4v) is 5.05. The van der Waals surface area contributed by atoms with Crippen LogP contribution in [-0.2, 0) is 10.0 Å². The van der Waals surface area contributed by atoms with Crippen molar-refractivity contribution in [3.8, 4) is 0 Å². The Morgan fingerprint density at radius 3 is 2.56 bits per heavy atom. The second-order valence-electron chi connectivity index (χ2n) is 7.80. The lowest BCUT2D eigenvalue weighted by Crippen LogP contribution is -2.54. The van der Waals surface area contributed by atoms with E-state index in [2.05, 4.69) is 6.92 Å². The van der Waals surface area contributed by atoms with Crippen LogP contribution in [0, 0.1) is 5.41 Å². The Morgan fingerprint density at radius 2 is 1.96 bits per heavy atom. The van der Waals surface area contributed by atoms with Gasteiger partial charge in [0.05, 0.1) is 10.5 Å². The second-order valence-corrected chi connectivity index (χ2v) is 9.71. The predicted octanol–water partition coefficient (Wildman–Crippen LogP) is 2.73. The molecule has 0 spiro atoms. The van der Waals surface area contributed by atoms with Crippen molar-refractivity contribution < 1.29 is 13.2 Å². The van der Waals surface area contributed by atoms with Gasteiger partial charge in [0.2, 0.25) is 10.0 Å². The first-order chi connectivity index (χ1) is 12.1. The molecule has 1 aliphatic rings. The minimum atomic E-state index is -3.76. The monoisotopic (exact) mass is 417 g/mol. The summed E-state index contributed by atoms with van der Waals surface area (Å²) in [4.78, 5) is 14.5. The average molecular weight is 418 g/mol. The normalized spacial score (nSPS) is 20.0. The van der Waals surface area contributed by atoms with Crippen molar-refractivity contribution in [1.29, 1.82) is 0 Å². The minimum Gasteiger partial charge on any atom is -0.342 e. The largest absolute Gasteiger partial charge is 0.342 e. The Morgan fingerprint density at radius 1 is 1.33 bits per heavy atom. The van der Waals surface area contributed by atoms with E-state index in [9.17, 15) is 13.2 Å². The third kappa shape index (κ3) is 5.22. The van der Waals surface area contributed by atoms with Crippen LogP contribution in [0.5, 0.6) is 0 Å². The summed E-state index contributed by atoms with van der Waals surface area (Å²) in [6, 6.07) is 6.45. The minimum absolute atomic E-state index is 0. The highest BCUT2D eigenvalue weighted by Crippen LogP contribution is 2.32. The zero-order chi connectivity index (χ0) is 19.5. The van der Waals surface area contributed by atoms with Crippen LogP contribution in [0.2, 0.25) is 0 Å². The molecule has 1 aliphatic heterocycles. The van der Waals surface area contributed by atoms with Crippen molar-refractivity contribution in [3.05, 3.63) is 29.8 Å². The van der Waals surface area contributed by atoms with E-state index in [1.165, 1.54) is 10.4 Å². The maximum absolute atomic E-state index is 13.3. The molecule has 0 aromatic heterocycles. The molecule has 2 N–H and O–H groups in total. The summed E-state index contributed by atoms with van der Waals surface area (Å²) in [6.07, 6.45) is 2.47. The number of nitrogens with two attached hydrogens (primary N) is 1. The number of piperidine rings is 1. The van der Waals surface area contributed by atoms with Crippen LogP contribution in [0.15, 0.2) is 29.2 Å². The molecular formula is C19H32ClN3O3S. The molecule has 8 heteroatoms. The van der Waals surface area contributed by atoms with Gasteiger partial charge in [0.15, 0.2) is 0 Å². The molecule has 0 bridgehead atoms. The summed E-state index contributed by atoms with van der Waals surface area (Å²) in [7, 11) is -2.04. The summed E-state index contributed by atoms with van der Waals surface area (Å²) >= 11 is 0. The third-order valence-corrected chi connectivity index (χ3v) is 7.11. The maximum Gasteiger partial charge on any atom is 0.254 e. The van der Waals surface area contributed by atoms with Crippen molar-refractivity contribution in [2.45, 2.75) is 51.0 Å². The van der Waals surface area contributed by atoms with E-state index in [0.717, 1.165) is 12.8 Å². The standard InChI is InChI=1S/C19H31N3O3S.ClH/c1-5-6-12-21(4)18(23)15-9-7-8-10-16(15)26(24,25)22-13-11-17(20)19(2,3)14-22;/h7-10,17H,5-6,11-14,20H2,1-4H3;1H. The first-order valence-electron chi connectivity index (χ1n) is 9.21. The molecule has 0 radical (unpaired) electrons. The van der Waals surface area contributed by atoms with Crippen LogP contribution < -0.4 is 5.73 Å². The first kappa shape index (κ1) is 23.9. The number of sulfonamides is 1. The fourth-order valence-electron chi connectivity index (χ4n) is 3.24. The van der Waals surface area contributed by atoms with Crippen LogP contribution in [0.1, 0.15) is 50.4 Å². The number of benzene rings is 1. The summed E-state index contributed by atoms with van der Waals surface area (Å²) in [5.41, 5.74) is 6.07. The van der Waals surface area contributed by atoms with Gasteiger partial charge >= 0.3 is 0 Å². The molecule has 1 atom stereocenters. The molecule has 1 aromatic carbocycles. The van der Waals surface area contributed by atoms with Crippen LogP contribution in [0.4, 0.5) is 0 Å². The van der Waals surface area contributed by atoms with Crippen molar-refractivity contribution in [1.82, 2.24) is 9.21 Å². The molecule has 1 fully saturated rings. The molecule has 2 rings (SSSR count). The topological polar surface area (TPSA) is 83.7 Å². The van der Waals surface area contributed by atoms with E-state index in [-0.39, 0.29) is 40.2 Å². The van der Waals surface area contributed by atoms with Gasteiger partial charge in [0, 0.05) is 32.7 Å². The number of unbranched alkanes of at least 4 members (excludes halogenated alkanes) is 1. The lowest BCUT2D eigenvalue weighted by molar-refractivity contribution is 0.0789. The summed E-state index contributed by atoms with van der Waals surface area (Å²) < 4.78 is 28.0. The predicted molar refractivity (Wildman–Crippen MR) is 111 cm³/mol. The Labute approximate surface area is 169 Å². The summed E-state index contributed by atoms with van der Waals surface area (Å²) in [5, 5.41) is 0. The van der Waals surface area contributed by atoms with Gasteiger partial charge in [0.25, 0.3) is 5.91 Å². The molecule has 0 saturated carbocycles. The number of carbonyl (C=O) groups excluding carboxylic acids is 1. The Balaban J connectivity index is 0.00000364. The van der Waals surface area contributed by atoms with Crippen molar-refractivity contribution >= 4 is 28.3 Å². The number of hydrogen-bond acceptors (Lipinski definition) is 4. The van der Waals surface area contributed by atoms with Gasteiger partial charge in [-0.25, -0.2) is 8.42 Å². The third-order valence-electron chi connectivity index (χ3n) is 5.21. The van der Waals surface area contributed by atoms with E-state index in [1.807, 2.05) is 13.8 Å². The van der Waals surface area contributed by atoms with Gasteiger partial charge in [-0.2, -0.15) is 4.31 Å². The summed E-state index contributed by atoms with van der Waals surface area (Å²) in [5.74, 6) is -0.259. The number of amides is 1. The molecule has 154 valence electrons. The van der Waals surface area contributed by atoms with Gasteiger partial charge in [-0.15, -0.1) is 12.4 Å². The number of carbonyl (C=O) groups is 1. The van der Waals surface area contributed by atoms with Crippen molar-refractivity contribution in [2.75, 3.05) is 26.7 Å². The molecule has 1 aromatic rings. The second kappa shape index (κ2) is 9.37. The average Bonchev–Trinajstić information content (AvgIpc) is 2.61. The van der Waals surface area contributed by atoms with E-state index >= 15 is 0 Å². The smallest absolute Gasteiger partial charge is 0.254 e. The highest BCUT2D eigenvalue weighted by atomic mass is 35.5. The molecular weight excluding hydrogens is 386 g/mol. The van der Waals surface area contributed by atoms with Gasteiger partial charge in [-0.05, 0) is 30.4 Å². The molecule has 1 amide bonds. The molecule has 1 heterocycles. The highest BCUT2D eigenvalue weighted by Gasteiger charge is 2.40. The SMILES string of the molecule is CCCCN(C)C(=O)c1ccccc1S(=O)(=O)N1CCC(N)C(C)(C)C1.Cl. The zero-order valence-corrected chi connectivity index (χ0v) is 18.3. The quantitative estimate of drug-likeness (QED) is 0.771. The lowest BCUT2D eigenvalue weighted by Gasteiger charge is -2.41. The van der Waals surface area contributed by atoms with E-state index < -0.39 is 10.0 Å². The number of rotatable bonds is 6. The number of halogens is 1. The van der Waals surface area contributed by atoms with Gasteiger partial charge < -0.3 is 10.6 Å². The van der Waals surface area contributed by atoms with Gasteiger partial charge in [-0.3, -0.25) is 4.79 Å². The van der Waals surface area contributed by atoms with Crippen LogP contribution in [-0.4, -0.2) is 56.3 Å². The Kier molecular flexibility index (Phi) is 8.29.